The van der Waals surface area contributed by atoms with Crippen molar-refractivity contribution in [3.8, 4) is 0 Å². The van der Waals surface area contributed by atoms with Crippen molar-refractivity contribution in [1.29, 1.82) is 0 Å². The molecule has 1 aromatic heterocycles. The predicted octanol–water partition coefficient (Wildman–Crippen LogP) is 2.15. The zero-order valence-corrected chi connectivity index (χ0v) is 13.4. The molecule has 0 bridgehead atoms. The lowest BCUT2D eigenvalue weighted by atomic mass is 10.2. The molecule has 5 nitrogen and oxygen atoms in total. The third-order valence-electron chi connectivity index (χ3n) is 3.03. The molecule has 0 radical (unpaired) electrons. The van der Waals surface area contributed by atoms with Crippen molar-refractivity contribution >= 4 is 5.95 Å². The molecule has 0 aliphatic rings. The van der Waals surface area contributed by atoms with Crippen molar-refractivity contribution in [2.24, 2.45) is 0 Å². The minimum Gasteiger partial charge on any atom is -0.377 e. The highest BCUT2D eigenvalue weighted by Gasteiger charge is 2.07. The lowest BCUT2D eigenvalue weighted by Gasteiger charge is -2.19. The first kappa shape index (κ1) is 16.9. The van der Waals surface area contributed by atoms with E-state index in [1.807, 2.05) is 38.9 Å². The summed E-state index contributed by atoms with van der Waals surface area (Å²) >= 11 is 0. The van der Waals surface area contributed by atoms with E-state index in [0.717, 1.165) is 43.3 Å². The van der Waals surface area contributed by atoms with Crippen LogP contribution in [0.5, 0.6) is 0 Å². The Morgan fingerprint density at radius 2 is 2.15 bits per heavy atom. The quantitative estimate of drug-likeness (QED) is 0.702. The van der Waals surface area contributed by atoms with E-state index in [0.29, 0.717) is 6.61 Å². The molecule has 0 saturated carbocycles. The zero-order chi connectivity index (χ0) is 15.0. The normalized spacial score (nSPS) is 11.1. The van der Waals surface area contributed by atoms with Crippen LogP contribution in [0, 0.1) is 6.92 Å². The maximum Gasteiger partial charge on any atom is 0.225 e. The summed E-state index contributed by atoms with van der Waals surface area (Å²) in [5.74, 6) is 0.758. The lowest BCUT2D eigenvalue weighted by Crippen LogP contribution is -2.26. The van der Waals surface area contributed by atoms with Crippen LogP contribution in [0.3, 0.4) is 0 Å². The van der Waals surface area contributed by atoms with E-state index in [4.69, 9.17) is 4.74 Å². The Bertz CT molecular complexity index is 395. The Hall–Kier alpha value is -1.20. The molecule has 114 valence electrons. The summed E-state index contributed by atoms with van der Waals surface area (Å²) in [6.45, 7) is 11.6. The molecule has 0 aromatic carbocycles. The van der Waals surface area contributed by atoms with Gasteiger partial charge in [-0.25, -0.2) is 9.97 Å². The monoisotopic (exact) mass is 280 g/mol. The van der Waals surface area contributed by atoms with Gasteiger partial charge in [0, 0.05) is 37.6 Å². The van der Waals surface area contributed by atoms with Crippen molar-refractivity contribution in [3.05, 3.63) is 17.5 Å². The van der Waals surface area contributed by atoms with Crippen molar-refractivity contribution in [2.75, 3.05) is 31.6 Å². The maximum atomic E-state index is 5.55. The van der Waals surface area contributed by atoms with Gasteiger partial charge in [0.25, 0.3) is 0 Å². The molecule has 1 aromatic rings. The molecule has 0 aliphatic heterocycles. The van der Waals surface area contributed by atoms with E-state index in [-0.39, 0.29) is 6.10 Å². The molecule has 0 saturated heterocycles. The standard InChI is InChI=1S/C15H28N4O/c1-6-7-16-10-14-11-17-15(18-13(14)4)19(5)8-9-20-12(2)3/h11-12,16H,6-10H2,1-5H3. The fraction of sp³-hybridized carbons (Fsp3) is 0.733. The van der Waals surface area contributed by atoms with Gasteiger partial charge in [0.1, 0.15) is 0 Å². The molecule has 20 heavy (non-hydrogen) atoms. The van der Waals surface area contributed by atoms with Gasteiger partial charge in [-0.15, -0.1) is 0 Å². The number of aromatic nitrogens is 2. The number of likely N-dealkylation sites (N-methyl/N-ethyl adjacent to an activating group) is 1. The molecule has 0 atom stereocenters. The third kappa shape index (κ3) is 5.84. The Balaban J connectivity index is 2.52. The molecule has 0 fully saturated rings. The molecule has 1 rings (SSSR count). The first-order valence-corrected chi connectivity index (χ1v) is 7.40. The van der Waals surface area contributed by atoms with Crippen molar-refractivity contribution in [2.45, 2.75) is 46.8 Å². The summed E-state index contributed by atoms with van der Waals surface area (Å²) < 4.78 is 5.55. The Labute approximate surface area is 122 Å². The lowest BCUT2D eigenvalue weighted by molar-refractivity contribution is 0.0844. The molecule has 0 aliphatic carbocycles. The highest BCUT2D eigenvalue weighted by atomic mass is 16.5. The number of rotatable bonds is 9. The van der Waals surface area contributed by atoms with Crippen LogP contribution < -0.4 is 10.2 Å². The van der Waals surface area contributed by atoms with Crippen LogP contribution >= 0.6 is 0 Å². The van der Waals surface area contributed by atoms with Crippen LogP contribution in [0.2, 0.25) is 0 Å². The fourth-order valence-electron chi connectivity index (χ4n) is 1.76. The second-order valence-electron chi connectivity index (χ2n) is 5.30. The van der Waals surface area contributed by atoms with Crippen LogP contribution in [0.4, 0.5) is 5.95 Å². The summed E-state index contributed by atoms with van der Waals surface area (Å²) in [5.41, 5.74) is 2.20. The third-order valence-corrected chi connectivity index (χ3v) is 3.03. The summed E-state index contributed by atoms with van der Waals surface area (Å²) in [4.78, 5) is 11.0. The van der Waals surface area contributed by atoms with Crippen LogP contribution in [0.25, 0.3) is 0 Å². The van der Waals surface area contributed by atoms with Gasteiger partial charge in [-0.1, -0.05) is 6.92 Å². The van der Waals surface area contributed by atoms with Crippen molar-refractivity contribution < 1.29 is 4.74 Å². The van der Waals surface area contributed by atoms with Gasteiger partial charge in [0.15, 0.2) is 0 Å². The minimum absolute atomic E-state index is 0.262. The van der Waals surface area contributed by atoms with E-state index in [2.05, 4.69) is 22.2 Å². The van der Waals surface area contributed by atoms with Gasteiger partial charge >= 0.3 is 0 Å². The number of nitrogens with zero attached hydrogens (tertiary/aromatic N) is 3. The van der Waals surface area contributed by atoms with Crippen LogP contribution in [-0.4, -0.2) is 42.8 Å². The molecular formula is C15H28N4O. The fourth-order valence-corrected chi connectivity index (χ4v) is 1.76. The molecule has 0 spiro atoms. The number of nitrogens with one attached hydrogen (secondary N) is 1. The smallest absolute Gasteiger partial charge is 0.225 e. The van der Waals surface area contributed by atoms with Crippen LogP contribution in [-0.2, 0) is 11.3 Å². The minimum atomic E-state index is 0.262. The van der Waals surface area contributed by atoms with Gasteiger partial charge in [-0.2, -0.15) is 0 Å². The van der Waals surface area contributed by atoms with Gasteiger partial charge < -0.3 is 15.0 Å². The highest BCUT2D eigenvalue weighted by molar-refractivity contribution is 5.31. The van der Waals surface area contributed by atoms with E-state index >= 15 is 0 Å². The summed E-state index contributed by atoms with van der Waals surface area (Å²) in [6.07, 6.45) is 3.31. The number of hydrogen-bond donors (Lipinski definition) is 1. The predicted molar refractivity (Wildman–Crippen MR) is 83.1 cm³/mol. The summed E-state index contributed by atoms with van der Waals surface area (Å²) in [5, 5.41) is 3.37. The van der Waals surface area contributed by atoms with E-state index in [9.17, 15) is 0 Å². The SMILES string of the molecule is CCCNCc1cnc(N(C)CCOC(C)C)nc1C. The van der Waals surface area contributed by atoms with Crippen molar-refractivity contribution in [3.63, 3.8) is 0 Å². The molecule has 1 N–H and O–H groups in total. The second-order valence-corrected chi connectivity index (χ2v) is 5.30. The van der Waals surface area contributed by atoms with Crippen LogP contribution in [0.15, 0.2) is 6.20 Å². The second kappa shape index (κ2) is 8.87. The van der Waals surface area contributed by atoms with E-state index in [1.54, 1.807) is 0 Å². The maximum absolute atomic E-state index is 5.55. The largest absolute Gasteiger partial charge is 0.377 e. The first-order chi connectivity index (χ1) is 9.54. The molecular weight excluding hydrogens is 252 g/mol. The Morgan fingerprint density at radius 1 is 1.40 bits per heavy atom. The topological polar surface area (TPSA) is 50.3 Å². The number of hydrogen-bond acceptors (Lipinski definition) is 5. The molecule has 0 amide bonds. The Morgan fingerprint density at radius 3 is 2.75 bits per heavy atom. The van der Waals surface area contributed by atoms with Crippen LogP contribution in [0.1, 0.15) is 38.4 Å². The van der Waals surface area contributed by atoms with Gasteiger partial charge in [-0.3, -0.25) is 0 Å². The summed E-state index contributed by atoms with van der Waals surface area (Å²) in [7, 11) is 1.99. The zero-order valence-electron chi connectivity index (χ0n) is 13.4. The average molecular weight is 280 g/mol. The average Bonchev–Trinajstić information content (AvgIpc) is 2.40. The molecule has 0 unspecified atom stereocenters. The highest BCUT2D eigenvalue weighted by Crippen LogP contribution is 2.10. The Kier molecular flexibility index (Phi) is 7.47. The number of ether oxygens (including phenoxy) is 1. The molecule has 1 heterocycles. The van der Waals surface area contributed by atoms with Gasteiger partial charge in [0.2, 0.25) is 5.95 Å². The van der Waals surface area contributed by atoms with E-state index < -0.39 is 0 Å². The van der Waals surface area contributed by atoms with Gasteiger partial charge in [-0.05, 0) is 33.7 Å². The first-order valence-electron chi connectivity index (χ1n) is 7.40. The molecule has 5 heteroatoms. The van der Waals surface area contributed by atoms with E-state index in [1.165, 1.54) is 0 Å². The summed E-state index contributed by atoms with van der Waals surface area (Å²) in [6, 6.07) is 0. The van der Waals surface area contributed by atoms with Crippen molar-refractivity contribution in [1.82, 2.24) is 15.3 Å². The number of anilines is 1. The van der Waals surface area contributed by atoms with Gasteiger partial charge in [0.05, 0.1) is 12.7 Å². The number of aryl methyl sites for hydroxylation is 1.